The van der Waals surface area contributed by atoms with Crippen LogP contribution < -0.4 is 0 Å². The summed E-state index contributed by atoms with van der Waals surface area (Å²) in [7, 11) is 0. The molecule has 6 nitrogen and oxygen atoms in total. The molecule has 0 aliphatic rings. The molecule has 0 aliphatic carbocycles. The number of benzene rings is 2. The van der Waals surface area contributed by atoms with Gasteiger partial charge in [-0.1, -0.05) is 35.3 Å². The Morgan fingerprint density at radius 3 is 2.70 bits per heavy atom. The number of nitrogens with zero attached hydrogens (tertiary/aromatic N) is 3. The smallest absolute Gasteiger partial charge is 0.270 e. The van der Waals surface area contributed by atoms with Gasteiger partial charge in [0.25, 0.3) is 5.69 Å². The van der Waals surface area contributed by atoms with Gasteiger partial charge in [0.2, 0.25) is 0 Å². The van der Waals surface area contributed by atoms with Crippen molar-refractivity contribution in [2.24, 2.45) is 0 Å². The van der Waals surface area contributed by atoms with Crippen LogP contribution in [0.2, 0.25) is 10.0 Å². The fourth-order valence-electron chi connectivity index (χ4n) is 2.40. The van der Waals surface area contributed by atoms with Crippen LogP contribution in [0.5, 0.6) is 0 Å². The van der Waals surface area contributed by atoms with Gasteiger partial charge in [-0.25, -0.2) is 4.98 Å². The van der Waals surface area contributed by atoms with Gasteiger partial charge in [-0.2, -0.15) is 5.26 Å². The Labute approximate surface area is 167 Å². The zero-order chi connectivity index (χ0) is 19.6. The highest BCUT2D eigenvalue weighted by Gasteiger charge is 2.27. The van der Waals surface area contributed by atoms with E-state index in [0.717, 1.165) is 11.3 Å². The van der Waals surface area contributed by atoms with Gasteiger partial charge in [-0.15, -0.1) is 11.3 Å². The molecular weight excluding hydrogens is 409 g/mol. The van der Waals surface area contributed by atoms with Gasteiger partial charge < -0.3 is 0 Å². The Morgan fingerprint density at radius 1 is 1.26 bits per heavy atom. The molecule has 1 aromatic heterocycles. The summed E-state index contributed by atoms with van der Waals surface area (Å²) in [5.41, 5.74) is 1.09. The van der Waals surface area contributed by atoms with Gasteiger partial charge in [0.05, 0.1) is 21.7 Å². The van der Waals surface area contributed by atoms with Crippen LogP contribution in [0.25, 0.3) is 11.3 Å². The van der Waals surface area contributed by atoms with E-state index in [1.54, 1.807) is 17.5 Å². The summed E-state index contributed by atoms with van der Waals surface area (Å²) in [6.07, 6.45) is 0. The lowest BCUT2D eigenvalue weighted by Gasteiger charge is -2.07. The largest absolute Gasteiger partial charge is 0.292 e. The number of nitro benzene ring substituents is 1. The SMILES string of the molecule is N#CC(C(=O)c1ccc(Cl)cc1Cl)c1nc(-c2cccc([N+](=O)[O-])c2)cs1. The van der Waals surface area contributed by atoms with Gasteiger partial charge in [0.1, 0.15) is 5.01 Å². The van der Waals surface area contributed by atoms with Crippen LogP contribution in [0.3, 0.4) is 0 Å². The highest BCUT2D eigenvalue weighted by atomic mass is 35.5. The number of halogens is 2. The van der Waals surface area contributed by atoms with Crippen LogP contribution in [0.1, 0.15) is 21.3 Å². The van der Waals surface area contributed by atoms with Crippen LogP contribution in [0.15, 0.2) is 47.8 Å². The molecule has 134 valence electrons. The summed E-state index contributed by atoms with van der Waals surface area (Å²) >= 11 is 13.0. The maximum atomic E-state index is 12.7. The number of non-ortho nitro benzene ring substituents is 1. The minimum atomic E-state index is -1.14. The van der Waals surface area contributed by atoms with E-state index < -0.39 is 16.6 Å². The zero-order valence-electron chi connectivity index (χ0n) is 13.4. The van der Waals surface area contributed by atoms with Crippen LogP contribution in [0, 0.1) is 21.4 Å². The molecule has 9 heteroatoms. The minimum Gasteiger partial charge on any atom is -0.292 e. The number of hydrogen-bond donors (Lipinski definition) is 0. The van der Waals surface area contributed by atoms with Crippen molar-refractivity contribution in [3.8, 4) is 17.3 Å². The summed E-state index contributed by atoms with van der Waals surface area (Å²) in [5, 5.41) is 22.9. The molecule has 2 aromatic carbocycles. The quantitative estimate of drug-likeness (QED) is 0.309. The van der Waals surface area contributed by atoms with Crippen LogP contribution in [-0.2, 0) is 0 Å². The van der Waals surface area contributed by atoms with Crippen molar-refractivity contribution >= 4 is 46.0 Å². The van der Waals surface area contributed by atoms with E-state index in [-0.39, 0.29) is 21.3 Å². The van der Waals surface area contributed by atoms with Gasteiger partial charge in [-0.3, -0.25) is 14.9 Å². The molecule has 3 rings (SSSR count). The average Bonchev–Trinajstić information content (AvgIpc) is 3.12. The number of ketones is 1. The number of aromatic nitrogens is 1. The average molecular weight is 418 g/mol. The minimum absolute atomic E-state index is 0.0668. The predicted molar refractivity (Wildman–Crippen MR) is 103 cm³/mol. The molecule has 27 heavy (non-hydrogen) atoms. The standard InChI is InChI=1S/C18H9Cl2N3O3S/c19-11-4-5-13(15(20)7-11)17(24)14(8-21)18-22-16(9-27-18)10-2-1-3-12(6-10)23(25)26/h1-7,9,14H. The number of thiazole rings is 1. The number of Topliss-reactive ketones (excluding diaryl/α,β-unsaturated/α-hetero) is 1. The number of nitriles is 1. The van der Waals surface area contributed by atoms with Gasteiger partial charge in [-0.05, 0) is 18.2 Å². The maximum absolute atomic E-state index is 12.7. The predicted octanol–water partition coefficient (Wildman–Crippen LogP) is 5.52. The van der Waals surface area contributed by atoms with E-state index in [4.69, 9.17) is 23.2 Å². The summed E-state index contributed by atoms with van der Waals surface area (Å²) in [4.78, 5) is 27.5. The van der Waals surface area contributed by atoms with Crippen molar-refractivity contribution < 1.29 is 9.72 Å². The van der Waals surface area contributed by atoms with Crippen LogP contribution in [-0.4, -0.2) is 15.7 Å². The molecule has 0 aliphatic heterocycles. The van der Waals surface area contributed by atoms with Crippen LogP contribution >= 0.6 is 34.5 Å². The number of nitro groups is 1. The Morgan fingerprint density at radius 2 is 2.04 bits per heavy atom. The van der Waals surface area contributed by atoms with Crippen molar-refractivity contribution in [3.05, 3.63) is 78.6 Å². The molecule has 1 heterocycles. The molecule has 0 saturated carbocycles. The van der Waals surface area contributed by atoms with Crippen molar-refractivity contribution in [1.29, 1.82) is 5.26 Å². The first kappa shape index (κ1) is 19.0. The molecule has 1 unspecified atom stereocenters. The lowest BCUT2D eigenvalue weighted by atomic mass is 9.99. The van der Waals surface area contributed by atoms with Gasteiger partial charge in [0.15, 0.2) is 11.7 Å². The molecule has 0 radical (unpaired) electrons. The van der Waals surface area contributed by atoms with Gasteiger partial charge >= 0.3 is 0 Å². The van der Waals surface area contributed by atoms with E-state index in [1.165, 1.54) is 30.3 Å². The summed E-state index contributed by atoms with van der Waals surface area (Å²) in [5.74, 6) is -1.62. The fraction of sp³-hybridized carbons (Fsp3) is 0.0556. The third-order valence-electron chi connectivity index (χ3n) is 3.71. The van der Waals surface area contributed by atoms with Crippen molar-refractivity contribution in [2.75, 3.05) is 0 Å². The third kappa shape index (κ3) is 3.98. The van der Waals surface area contributed by atoms with E-state index in [9.17, 15) is 20.2 Å². The third-order valence-corrected chi connectivity index (χ3v) is 5.17. The molecular formula is C18H9Cl2N3O3S. The highest BCUT2D eigenvalue weighted by molar-refractivity contribution is 7.10. The number of carbonyl (C=O) groups is 1. The van der Waals surface area contributed by atoms with Crippen molar-refractivity contribution in [3.63, 3.8) is 0 Å². The molecule has 0 bridgehead atoms. The lowest BCUT2D eigenvalue weighted by molar-refractivity contribution is -0.384. The maximum Gasteiger partial charge on any atom is 0.270 e. The number of hydrogen-bond acceptors (Lipinski definition) is 6. The monoisotopic (exact) mass is 417 g/mol. The van der Waals surface area contributed by atoms with Gasteiger partial charge in [0, 0.05) is 33.7 Å². The first-order valence-electron chi connectivity index (χ1n) is 7.50. The van der Waals surface area contributed by atoms with E-state index in [1.807, 2.05) is 6.07 Å². The van der Waals surface area contributed by atoms with E-state index >= 15 is 0 Å². The first-order chi connectivity index (χ1) is 12.9. The summed E-state index contributed by atoms with van der Waals surface area (Å²) in [6, 6.07) is 12.4. The number of carbonyl (C=O) groups excluding carboxylic acids is 1. The molecule has 0 saturated heterocycles. The zero-order valence-corrected chi connectivity index (χ0v) is 15.8. The molecule has 0 amide bonds. The van der Waals surface area contributed by atoms with E-state index in [0.29, 0.717) is 16.3 Å². The van der Waals surface area contributed by atoms with E-state index in [2.05, 4.69) is 4.98 Å². The normalized spacial score (nSPS) is 11.6. The summed E-state index contributed by atoms with van der Waals surface area (Å²) < 4.78 is 0. The molecule has 0 spiro atoms. The Kier molecular flexibility index (Phi) is 5.51. The fourth-order valence-corrected chi connectivity index (χ4v) is 3.77. The Bertz CT molecular complexity index is 1090. The Hall–Kier alpha value is -2.79. The molecule has 1 atom stereocenters. The van der Waals surface area contributed by atoms with Crippen molar-refractivity contribution in [1.82, 2.24) is 4.98 Å². The molecule has 0 fully saturated rings. The highest BCUT2D eigenvalue weighted by Crippen LogP contribution is 2.32. The second-order valence-electron chi connectivity index (χ2n) is 5.43. The van der Waals surface area contributed by atoms with Crippen LogP contribution in [0.4, 0.5) is 5.69 Å². The second-order valence-corrected chi connectivity index (χ2v) is 7.16. The lowest BCUT2D eigenvalue weighted by Crippen LogP contribution is -2.11. The molecule has 3 aromatic rings. The summed E-state index contributed by atoms with van der Waals surface area (Å²) in [6.45, 7) is 0. The van der Waals surface area contributed by atoms with Crippen molar-refractivity contribution in [2.45, 2.75) is 5.92 Å². The first-order valence-corrected chi connectivity index (χ1v) is 9.13. The number of rotatable bonds is 5. The second kappa shape index (κ2) is 7.84. The topological polar surface area (TPSA) is 96.9 Å². The Balaban J connectivity index is 1.94. The molecule has 0 N–H and O–H groups in total.